The third-order valence-electron chi connectivity index (χ3n) is 3.91. The number of carbonyl (C=O) groups excluding carboxylic acids is 2. The van der Waals surface area contributed by atoms with E-state index in [2.05, 4.69) is 20.7 Å². The van der Waals surface area contributed by atoms with Crippen LogP contribution in [0.1, 0.15) is 34.6 Å². The molecule has 0 atom stereocenters. The van der Waals surface area contributed by atoms with E-state index in [0.717, 1.165) is 11.4 Å². The molecule has 0 bridgehead atoms. The second-order valence-corrected chi connectivity index (χ2v) is 6.94. The largest absolute Gasteiger partial charge is 0.352 e. The first kappa shape index (κ1) is 18.8. The number of aryl methyl sites for hydroxylation is 2. The Morgan fingerprint density at radius 2 is 2.07 bits per heavy atom. The van der Waals surface area contributed by atoms with Crippen molar-refractivity contribution in [1.29, 1.82) is 0 Å². The first-order chi connectivity index (χ1) is 13.0. The Morgan fingerprint density at radius 1 is 1.22 bits per heavy atom. The summed E-state index contributed by atoms with van der Waals surface area (Å²) in [4.78, 5) is 28.2. The first-order valence-electron chi connectivity index (χ1n) is 8.63. The van der Waals surface area contributed by atoms with Gasteiger partial charge in [0.05, 0.1) is 17.6 Å². The van der Waals surface area contributed by atoms with Crippen molar-refractivity contribution in [3.05, 3.63) is 58.2 Å². The Kier molecular flexibility index (Phi) is 5.97. The van der Waals surface area contributed by atoms with Crippen molar-refractivity contribution in [2.24, 2.45) is 0 Å². The molecule has 3 heterocycles. The van der Waals surface area contributed by atoms with Gasteiger partial charge in [-0.05, 0) is 49.9 Å². The number of carbonyl (C=O) groups is 2. The third kappa shape index (κ3) is 5.01. The summed E-state index contributed by atoms with van der Waals surface area (Å²) in [5.41, 5.74) is 3.21. The summed E-state index contributed by atoms with van der Waals surface area (Å²) in [6.07, 6.45) is 2.50. The summed E-state index contributed by atoms with van der Waals surface area (Å²) < 4.78 is 1.76. The van der Waals surface area contributed by atoms with Crippen molar-refractivity contribution >= 4 is 28.8 Å². The molecule has 0 aliphatic heterocycles. The molecule has 8 heteroatoms. The second-order valence-electron chi connectivity index (χ2n) is 6.16. The smallest absolute Gasteiger partial charge is 0.252 e. The van der Waals surface area contributed by atoms with Crippen molar-refractivity contribution in [3.8, 4) is 5.82 Å². The number of thiophene rings is 1. The van der Waals surface area contributed by atoms with Crippen molar-refractivity contribution in [3.63, 3.8) is 0 Å². The number of amides is 2. The van der Waals surface area contributed by atoms with Crippen molar-refractivity contribution < 1.29 is 9.59 Å². The van der Waals surface area contributed by atoms with Crippen LogP contribution in [-0.4, -0.2) is 33.1 Å². The van der Waals surface area contributed by atoms with Gasteiger partial charge < -0.3 is 10.6 Å². The lowest BCUT2D eigenvalue weighted by molar-refractivity contribution is -0.116. The van der Waals surface area contributed by atoms with E-state index in [1.165, 1.54) is 11.3 Å². The fourth-order valence-corrected chi connectivity index (χ4v) is 3.25. The minimum absolute atomic E-state index is 0.111. The zero-order valence-corrected chi connectivity index (χ0v) is 16.0. The lowest BCUT2D eigenvalue weighted by atomic mass is 10.2. The maximum Gasteiger partial charge on any atom is 0.252 e. The Morgan fingerprint density at radius 3 is 2.70 bits per heavy atom. The number of hydrogen-bond acceptors (Lipinski definition) is 5. The van der Waals surface area contributed by atoms with E-state index in [0.29, 0.717) is 36.5 Å². The molecular weight excluding hydrogens is 362 g/mol. The van der Waals surface area contributed by atoms with Crippen molar-refractivity contribution in [2.75, 3.05) is 11.9 Å². The molecule has 140 valence electrons. The average Bonchev–Trinajstić information content (AvgIpc) is 3.29. The topological polar surface area (TPSA) is 88.9 Å². The van der Waals surface area contributed by atoms with Gasteiger partial charge in [0, 0.05) is 29.6 Å². The highest BCUT2D eigenvalue weighted by molar-refractivity contribution is 7.08. The Bertz CT molecular complexity index is 916. The maximum atomic E-state index is 12.0. The van der Waals surface area contributed by atoms with Crippen LogP contribution < -0.4 is 10.6 Å². The van der Waals surface area contributed by atoms with Gasteiger partial charge in [-0.25, -0.2) is 9.67 Å². The quantitative estimate of drug-likeness (QED) is 0.614. The van der Waals surface area contributed by atoms with E-state index < -0.39 is 0 Å². The number of rotatable bonds is 7. The molecule has 7 nitrogen and oxygen atoms in total. The first-order valence-corrected chi connectivity index (χ1v) is 9.57. The molecule has 3 rings (SSSR count). The van der Waals surface area contributed by atoms with Gasteiger partial charge in [0.25, 0.3) is 5.91 Å². The van der Waals surface area contributed by atoms with E-state index in [4.69, 9.17) is 0 Å². The standard InChI is InChI=1S/C19H21N5O2S/c1-13-10-14(2)24(23-13)17-6-5-16(11-21-17)22-18(25)4-3-8-20-19(26)15-7-9-27-12-15/h5-7,9-12H,3-4,8H2,1-2H3,(H,20,26)(H,22,25). The SMILES string of the molecule is Cc1cc(C)n(-c2ccc(NC(=O)CCCNC(=O)c3ccsc3)cn2)n1. The summed E-state index contributed by atoms with van der Waals surface area (Å²) in [6, 6.07) is 7.37. The van der Waals surface area contributed by atoms with Crippen LogP contribution in [0.15, 0.2) is 41.2 Å². The van der Waals surface area contributed by atoms with Crippen LogP contribution in [0.5, 0.6) is 0 Å². The monoisotopic (exact) mass is 383 g/mol. The van der Waals surface area contributed by atoms with Gasteiger partial charge in [-0.15, -0.1) is 0 Å². The number of aromatic nitrogens is 3. The zero-order valence-electron chi connectivity index (χ0n) is 15.2. The Balaban J connectivity index is 1.44. The summed E-state index contributed by atoms with van der Waals surface area (Å²) in [5.74, 6) is 0.482. The minimum atomic E-state index is -0.111. The lowest BCUT2D eigenvalue weighted by Gasteiger charge is -2.07. The van der Waals surface area contributed by atoms with Crippen LogP contribution in [0.4, 0.5) is 5.69 Å². The van der Waals surface area contributed by atoms with Crippen LogP contribution in [0, 0.1) is 13.8 Å². The van der Waals surface area contributed by atoms with E-state index in [9.17, 15) is 9.59 Å². The summed E-state index contributed by atoms with van der Waals surface area (Å²) in [6.45, 7) is 4.35. The Labute approximate surface area is 161 Å². The molecule has 2 amide bonds. The van der Waals surface area contributed by atoms with Gasteiger partial charge in [0.2, 0.25) is 5.91 Å². The van der Waals surface area contributed by atoms with Crippen LogP contribution in [0.3, 0.4) is 0 Å². The maximum absolute atomic E-state index is 12.0. The summed E-state index contributed by atoms with van der Waals surface area (Å²) in [5, 5.41) is 13.7. The molecule has 2 N–H and O–H groups in total. The van der Waals surface area contributed by atoms with Crippen LogP contribution in [0.2, 0.25) is 0 Å². The number of nitrogens with zero attached hydrogens (tertiary/aromatic N) is 3. The van der Waals surface area contributed by atoms with E-state index in [-0.39, 0.29) is 11.8 Å². The predicted molar refractivity (Wildman–Crippen MR) is 105 cm³/mol. The molecule has 0 aliphatic rings. The lowest BCUT2D eigenvalue weighted by Crippen LogP contribution is -2.25. The van der Waals surface area contributed by atoms with E-state index >= 15 is 0 Å². The van der Waals surface area contributed by atoms with E-state index in [1.54, 1.807) is 28.4 Å². The van der Waals surface area contributed by atoms with Crippen LogP contribution in [-0.2, 0) is 4.79 Å². The molecule has 0 saturated heterocycles. The molecule has 3 aromatic rings. The van der Waals surface area contributed by atoms with Gasteiger partial charge >= 0.3 is 0 Å². The molecule has 3 aromatic heterocycles. The van der Waals surface area contributed by atoms with Crippen molar-refractivity contribution in [1.82, 2.24) is 20.1 Å². The fraction of sp³-hybridized carbons (Fsp3) is 0.263. The van der Waals surface area contributed by atoms with Gasteiger partial charge in [-0.1, -0.05) is 0 Å². The number of hydrogen-bond donors (Lipinski definition) is 2. The normalized spacial score (nSPS) is 10.6. The van der Waals surface area contributed by atoms with Gasteiger partial charge in [-0.3, -0.25) is 9.59 Å². The molecular formula is C19H21N5O2S. The molecule has 0 aliphatic carbocycles. The van der Waals surface area contributed by atoms with Gasteiger partial charge in [-0.2, -0.15) is 16.4 Å². The molecule has 0 spiro atoms. The average molecular weight is 383 g/mol. The number of anilines is 1. The van der Waals surface area contributed by atoms with Gasteiger partial charge in [0.1, 0.15) is 0 Å². The summed E-state index contributed by atoms with van der Waals surface area (Å²) >= 11 is 1.48. The third-order valence-corrected chi connectivity index (χ3v) is 4.59. The van der Waals surface area contributed by atoms with E-state index in [1.807, 2.05) is 31.4 Å². The molecule has 0 fully saturated rings. The Hall–Kier alpha value is -3.00. The highest BCUT2D eigenvalue weighted by Crippen LogP contribution is 2.13. The molecule has 27 heavy (non-hydrogen) atoms. The molecule has 0 aromatic carbocycles. The minimum Gasteiger partial charge on any atom is -0.352 e. The van der Waals surface area contributed by atoms with Crippen LogP contribution >= 0.6 is 11.3 Å². The fourth-order valence-electron chi connectivity index (χ4n) is 2.62. The number of nitrogens with one attached hydrogen (secondary N) is 2. The second kappa shape index (κ2) is 8.59. The predicted octanol–water partition coefficient (Wildman–Crippen LogP) is 3.09. The molecule has 0 unspecified atom stereocenters. The molecule has 0 saturated carbocycles. The summed E-state index contributed by atoms with van der Waals surface area (Å²) in [7, 11) is 0. The highest BCUT2D eigenvalue weighted by atomic mass is 32.1. The highest BCUT2D eigenvalue weighted by Gasteiger charge is 2.08. The number of pyridine rings is 1. The van der Waals surface area contributed by atoms with Crippen molar-refractivity contribution in [2.45, 2.75) is 26.7 Å². The zero-order chi connectivity index (χ0) is 19.2. The van der Waals surface area contributed by atoms with Crippen LogP contribution in [0.25, 0.3) is 5.82 Å². The molecule has 0 radical (unpaired) electrons. The van der Waals surface area contributed by atoms with Gasteiger partial charge in [0.15, 0.2) is 5.82 Å².